The zero-order chi connectivity index (χ0) is 19.0. The van der Waals surface area contributed by atoms with Crippen LogP contribution >= 0.6 is 22.9 Å². The first-order valence-corrected chi connectivity index (χ1v) is 9.52. The number of methoxy groups -OCH3 is 1. The Kier molecular flexibility index (Phi) is 4.68. The number of aromatic nitrogens is 3. The predicted octanol–water partition coefficient (Wildman–Crippen LogP) is 4.54. The number of aryl methyl sites for hydroxylation is 1. The van der Waals surface area contributed by atoms with Crippen molar-refractivity contribution in [2.75, 3.05) is 7.11 Å². The van der Waals surface area contributed by atoms with Crippen LogP contribution in [0.25, 0.3) is 21.5 Å². The number of thiazole rings is 1. The normalized spacial score (nSPS) is 11.1. The van der Waals surface area contributed by atoms with E-state index in [1.165, 1.54) is 16.0 Å². The molecule has 0 aliphatic heterocycles. The SMILES string of the molecule is COc1cccc(-c2nn(Cc3ccccc3Cl)c(=O)c3nc(C)sc23)c1. The van der Waals surface area contributed by atoms with Gasteiger partial charge >= 0.3 is 0 Å². The van der Waals surface area contributed by atoms with Gasteiger partial charge in [-0.3, -0.25) is 4.79 Å². The molecule has 0 fully saturated rings. The Labute approximate surface area is 164 Å². The number of benzene rings is 2. The molecule has 0 atom stereocenters. The monoisotopic (exact) mass is 397 g/mol. The van der Waals surface area contributed by atoms with Gasteiger partial charge in [0.2, 0.25) is 0 Å². The average Bonchev–Trinajstić information content (AvgIpc) is 3.07. The fourth-order valence-corrected chi connectivity index (χ4v) is 4.03. The van der Waals surface area contributed by atoms with Crippen molar-refractivity contribution in [3.05, 3.63) is 74.5 Å². The van der Waals surface area contributed by atoms with Crippen molar-refractivity contribution in [3.8, 4) is 17.0 Å². The summed E-state index contributed by atoms with van der Waals surface area (Å²) in [5, 5.41) is 6.08. The van der Waals surface area contributed by atoms with Gasteiger partial charge in [-0.1, -0.05) is 41.9 Å². The highest BCUT2D eigenvalue weighted by Crippen LogP contribution is 2.31. The molecule has 0 saturated carbocycles. The Morgan fingerprint density at radius 1 is 1.19 bits per heavy atom. The molecule has 0 radical (unpaired) electrons. The van der Waals surface area contributed by atoms with Crippen LogP contribution in [0.5, 0.6) is 5.75 Å². The van der Waals surface area contributed by atoms with E-state index in [0.717, 1.165) is 26.6 Å². The standard InChI is InChI=1S/C20H16ClN3O2S/c1-12-22-18-19(27-12)17(13-7-5-8-15(10-13)26-2)23-24(20(18)25)11-14-6-3-4-9-16(14)21/h3-10H,11H2,1-2H3. The Morgan fingerprint density at radius 2 is 2.00 bits per heavy atom. The molecule has 0 unspecified atom stereocenters. The summed E-state index contributed by atoms with van der Waals surface area (Å²) in [4.78, 5) is 17.4. The highest BCUT2D eigenvalue weighted by molar-refractivity contribution is 7.19. The van der Waals surface area contributed by atoms with Crippen molar-refractivity contribution in [2.45, 2.75) is 13.5 Å². The van der Waals surface area contributed by atoms with E-state index in [2.05, 4.69) is 10.1 Å². The number of hydrogen-bond acceptors (Lipinski definition) is 5. The van der Waals surface area contributed by atoms with Gasteiger partial charge in [-0.2, -0.15) is 5.10 Å². The molecule has 4 aromatic rings. The van der Waals surface area contributed by atoms with Crippen LogP contribution in [0.3, 0.4) is 0 Å². The first-order chi connectivity index (χ1) is 13.1. The van der Waals surface area contributed by atoms with E-state index in [-0.39, 0.29) is 12.1 Å². The summed E-state index contributed by atoms with van der Waals surface area (Å²) in [6.07, 6.45) is 0. The lowest BCUT2D eigenvalue weighted by molar-refractivity contribution is 0.415. The fourth-order valence-electron chi connectivity index (χ4n) is 2.92. The third-order valence-electron chi connectivity index (χ3n) is 4.23. The molecular weight excluding hydrogens is 382 g/mol. The van der Waals surface area contributed by atoms with Crippen molar-refractivity contribution in [3.63, 3.8) is 0 Å². The Hall–Kier alpha value is -2.70. The van der Waals surface area contributed by atoms with Crippen molar-refractivity contribution in [1.82, 2.24) is 14.8 Å². The number of fused-ring (bicyclic) bond motifs is 1. The molecule has 7 heteroatoms. The summed E-state index contributed by atoms with van der Waals surface area (Å²) < 4.78 is 7.54. The van der Waals surface area contributed by atoms with Crippen molar-refractivity contribution in [1.29, 1.82) is 0 Å². The number of halogens is 1. The first kappa shape index (κ1) is 17.7. The molecule has 4 rings (SSSR count). The molecule has 0 aliphatic rings. The molecule has 0 bridgehead atoms. The number of nitrogens with zero attached hydrogens (tertiary/aromatic N) is 3. The van der Waals surface area contributed by atoms with Gasteiger partial charge in [0.1, 0.15) is 11.4 Å². The van der Waals surface area contributed by atoms with E-state index < -0.39 is 0 Å². The van der Waals surface area contributed by atoms with Gasteiger partial charge in [0.15, 0.2) is 5.52 Å². The summed E-state index contributed by atoms with van der Waals surface area (Å²) in [6.45, 7) is 2.17. The maximum absolute atomic E-state index is 12.9. The number of rotatable bonds is 4. The van der Waals surface area contributed by atoms with Crippen LogP contribution in [0.4, 0.5) is 0 Å². The molecule has 136 valence electrons. The molecule has 0 N–H and O–H groups in total. The second kappa shape index (κ2) is 7.13. The van der Waals surface area contributed by atoms with E-state index in [4.69, 9.17) is 16.3 Å². The van der Waals surface area contributed by atoms with Gasteiger partial charge < -0.3 is 4.74 Å². The predicted molar refractivity (Wildman–Crippen MR) is 109 cm³/mol. The maximum atomic E-state index is 12.9. The van der Waals surface area contributed by atoms with Crippen molar-refractivity contribution >= 4 is 33.2 Å². The highest BCUT2D eigenvalue weighted by atomic mass is 35.5. The molecule has 0 amide bonds. The molecular formula is C20H16ClN3O2S. The lowest BCUT2D eigenvalue weighted by Gasteiger charge is -2.10. The summed E-state index contributed by atoms with van der Waals surface area (Å²) in [5.41, 5.74) is 2.62. The zero-order valence-corrected chi connectivity index (χ0v) is 16.3. The second-order valence-corrected chi connectivity index (χ2v) is 7.66. The highest BCUT2D eigenvalue weighted by Gasteiger charge is 2.17. The molecule has 27 heavy (non-hydrogen) atoms. The van der Waals surface area contributed by atoms with Crippen LogP contribution in [-0.2, 0) is 6.54 Å². The molecule has 2 heterocycles. The Morgan fingerprint density at radius 3 is 2.78 bits per heavy atom. The largest absolute Gasteiger partial charge is 0.497 e. The number of ether oxygens (including phenoxy) is 1. The van der Waals surface area contributed by atoms with E-state index in [1.54, 1.807) is 13.2 Å². The van der Waals surface area contributed by atoms with E-state index >= 15 is 0 Å². The minimum atomic E-state index is -0.221. The first-order valence-electron chi connectivity index (χ1n) is 8.33. The van der Waals surface area contributed by atoms with Crippen LogP contribution in [0.1, 0.15) is 10.6 Å². The lowest BCUT2D eigenvalue weighted by Crippen LogP contribution is -2.24. The third kappa shape index (κ3) is 3.34. The van der Waals surface area contributed by atoms with Crippen LogP contribution in [0.15, 0.2) is 53.3 Å². The minimum Gasteiger partial charge on any atom is -0.497 e. The molecule has 0 aliphatic carbocycles. The Bertz CT molecular complexity index is 1200. The Balaban J connectivity index is 1.94. The van der Waals surface area contributed by atoms with E-state index in [9.17, 15) is 4.79 Å². The smallest absolute Gasteiger partial charge is 0.294 e. The van der Waals surface area contributed by atoms with Gasteiger partial charge in [0.05, 0.1) is 23.4 Å². The summed E-state index contributed by atoms with van der Waals surface area (Å²) >= 11 is 7.74. The van der Waals surface area contributed by atoms with Crippen molar-refractivity contribution < 1.29 is 4.74 Å². The van der Waals surface area contributed by atoms with Gasteiger partial charge in [-0.25, -0.2) is 9.67 Å². The molecule has 5 nitrogen and oxygen atoms in total. The zero-order valence-electron chi connectivity index (χ0n) is 14.8. The molecule has 0 saturated heterocycles. The van der Waals surface area contributed by atoms with Gasteiger partial charge in [-0.05, 0) is 30.7 Å². The van der Waals surface area contributed by atoms with Gasteiger partial charge in [0, 0.05) is 10.6 Å². The van der Waals surface area contributed by atoms with Crippen LogP contribution in [0.2, 0.25) is 5.02 Å². The van der Waals surface area contributed by atoms with Gasteiger partial charge in [-0.15, -0.1) is 11.3 Å². The molecule has 2 aromatic carbocycles. The summed E-state index contributed by atoms with van der Waals surface area (Å²) in [7, 11) is 1.62. The fraction of sp³-hybridized carbons (Fsp3) is 0.150. The van der Waals surface area contributed by atoms with Crippen LogP contribution in [-0.4, -0.2) is 21.9 Å². The topological polar surface area (TPSA) is 57.0 Å². The van der Waals surface area contributed by atoms with Gasteiger partial charge in [0.25, 0.3) is 5.56 Å². The lowest BCUT2D eigenvalue weighted by atomic mass is 10.1. The summed E-state index contributed by atoms with van der Waals surface area (Å²) in [6, 6.07) is 15.1. The van der Waals surface area contributed by atoms with E-state index in [0.29, 0.717) is 16.2 Å². The average molecular weight is 398 g/mol. The van der Waals surface area contributed by atoms with Crippen molar-refractivity contribution in [2.24, 2.45) is 0 Å². The maximum Gasteiger partial charge on any atom is 0.294 e. The van der Waals surface area contributed by atoms with Crippen LogP contribution in [0, 0.1) is 6.92 Å². The quantitative estimate of drug-likeness (QED) is 0.507. The molecule has 0 spiro atoms. The molecule has 2 aromatic heterocycles. The second-order valence-electron chi connectivity index (χ2n) is 6.05. The third-order valence-corrected chi connectivity index (χ3v) is 5.57. The summed E-state index contributed by atoms with van der Waals surface area (Å²) in [5.74, 6) is 0.729. The van der Waals surface area contributed by atoms with E-state index in [1.807, 2.05) is 49.4 Å². The number of hydrogen-bond donors (Lipinski definition) is 0. The van der Waals surface area contributed by atoms with Crippen LogP contribution < -0.4 is 10.3 Å². The minimum absolute atomic E-state index is 0.221.